The first-order valence-electron chi connectivity index (χ1n) is 6.06. The maximum absolute atomic E-state index is 4.61. The van der Waals surface area contributed by atoms with Crippen LogP contribution in [0.2, 0.25) is 0 Å². The van der Waals surface area contributed by atoms with E-state index in [1.807, 2.05) is 42.6 Å². The van der Waals surface area contributed by atoms with Gasteiger partial charge >= 0.3 is 0 Å². The van der Waals surface area contributed by atoms with Crippen LogP contribution in [-0.4, -0.2) is 19.9 Å². The van der Waals surface area contributed by atoms with E-state index >= 15 is 0 Å². The largest absolute Gasteiger partial charge is 0.345 e. The van der Waals surface area contributed by atoms with Gasteiger partial charge in [-0.2, -0.15) is 0 Å². The summed E-state index contributed by atoms with van der Waals surface area (Å²) in [6, 6.07) is 12.0. The van der Waals surface area contributed by atoms with Crippen LogP contribution in [0.5, 0.6) is 0 Å². The van der Waals surface area contributed by atoms with Crippen LogP contribution in [0.4, 0.5) is 0 Å². The first kappa shape index (κ1) is 10.2. The predicted molar refractivity (Wildman–Crippen MR) is 74.6 cm³/mol. The topological polar surface area (TPSA) is 54.5 Å². The maximum atomic E-state index is 4.61. The number of aromatic nitrogens is 4. The Kier molecular flexibility index (Phi) is 2.08. The van der Waals surface area contributed by atoms with Crippen LogP contribution in [-0.2, 0) is 0 Å². The minimum atomic E-state index is 0.762. The Morgan fingerprint density at radius 2 is 1.79 bits per heavy atom. The lowest BCUT2D eigenvalue weighted by Crippen LogP contribution is -1.86. The average molecular weight is 246 g/mol. The van der Waals surface area contributed by atoms with Crippen molar-refractivity contribution < 1.29 is 0 Å². The fourth-order valence-corrected chi connectivity index (χ4v) is 2.27. The highest BCUT2D eigenvalue weighted by Crippen LogP contribution is 2.26. The number of aromatic amines is 1. The Labute approximate surface area is 109 Å². The minimum absolute atomic E-state index is 0.762. The summed E-state index contributed by atoms with van der Waals surface area (Å²) in [5.41, 5.74) is 3.60. The molecule has 4 aromatic rings. The Bertz CT molecular complexity index is 879. The summed E-state index contributed by atoms with van der Waals surface area (Å²) in [4.78, 5) is 16.4. The van der Waals surface area contributed by atoms with Gasteiger partial charge in [0, 0.05) is 34.9 Å². The molecule has 0 radical (unpaired) electrons. The molecule has 4 heterocycles. The van der Waals surface area contributed by atoms with Crippen molar-refractivity contribution in [1.29, 1.82) is 0 Å². The fourth-order valence-electron chi connectivity index (χ4n) is 2.27. The summed E-state index contributed by atoms with van der Waals surface area (Å²) in [5.74, 6) is 0. The molecule has 0 spiro atoms. The van der Waals surface area contributed by atoms with Crippen molar-refractivity contribution in [3.05, 3.63) is 55.0 Å². The average Bonchev–Trinajstić information content (AvgIpc) is 2.91. The smallest absolute Gasteiger partial charge is 0.159 e. The lowest BCUT2D eigenvalue weighted by molar-refractivity contribution is 1.29. The van der Waals surface area contributed by atoms with Gasteiger partial charge in [0.25, 0.3) is 0 Å². The van der Waals surface area contributed by atoms with Crippen LogP contribution in [0.3, 0.4) is 0 Å². The third-order valence-corrected chi connectivity index (χ3v) is 3.19. The molecule has 0 unspecified atom stereocenters. The Hall–Kier alpha value is -2.75. The molecule has 0 saturated heterocycles. The van der Waals surface area contributed by atoms with Crippen LogP contribution in [0.15, 0.2) is 55.0 Å². The zero-order valence-electron chi connectivity index (χ0n) is 10.0. The third-order valence-electron chi connectivity index (χ3n) is 3.19. The van der Waals surface area contributed by atoms with E-state index in [2.05, 4.69) is 19.9 Å². The van der Waals surface area contributed by atoms with Crippen molar-refractivity contribution in [3.8, 4) is 11.3 Å². The lowest BCUT2D eigenvalue weighted by Gasteiger charge is -2.00. The molecule has 0 fully saturated rings. The molecule has 0 aliphatic rings. The molecule has 0 amide bonds. The molecule has 0 aliphatic heterocycles. The number of pyridine rings is 3. The molecule has 4 rings (SSSR count). The van der Waals surface area contributed by atoms with Gasteiger partial charge in [0.15, 0.2) is 5.65 Å². The van der Waals surface area contributed by atoms with Gasteiger partial charge in [-0.25, -0.2) is 15.0 Å². The van der Waals surface area contributed by atoms with Gasteiger partial charge < -0.3 is 4.98 Å². The van der Waals surface area contributed by atoms with E-state index in [4.69, 9.17) is 0 Å². The Morgan fingerprint density at radius 3 is 2.79 bits per heavy atom. The molecule has 4 heteroatoms. The second kappa shape index (κ2) is 3.88. The van der Waals surface area contributed by atoms with E-state index < -0.39 is 0 Å². The molecule has 1 N–H and O–H groups in total. The SMILES string of the molecule is c1cnc2nc(-c3c[nH]c4ncccc34)ccc2c1. The van der Waals surface area contributed by atoms with Gasteiger partial charge in [0.2, 0.25) is 0 Å². The number of hydrogen-bond donors (Lipinski definition) is 1. The highest BCUT2D eigenvalue weighted by molar-refractivity contribution is 5.93. The van der Waals surface area contributed by atoms with Gasteiger partial charge in [-0.3, -0.25) is 0 Å². The lowest BCUT2D eigenvalue weighted by atomic mass is 10.1. The van der Waals surface area contributed by atoms with Gasteiger partial charge in [-0.1, -0.05) is 0 Å². The normalized spacial score (nSPS) is 11.2. The van der Waals surface area contributed by atoms with Crippen molar-refractivity contribution in [1.82, 2.24) is 19.9 Å². The zero-order valence-corrected chi connectivity index (χ0v) is 10.0. The second-order valence-corrected chi connectivity index (χ2v) is 4.35. The molecule has 19 heavy (non-hydrogen) atoms. The van der Waals surface area contributed by atoms with Crippen LogP contribution in [0, 0.1) is 0 Å². The van der Waals surface area contributed by atoms with E-state index in [1.165, 1.54) is 0 Å². The summed E-state index contributed by atoms with van der Waals surface area (Å²) >= 11 is 0. The molecule has 0 aromatic carbocycles. The van der Waals surface area contributed by atoms with E-state index in [0.717, 1.165) is 33.3 Å². The van der Waals surface area contributed by atoms with Crippen molar-refractivity contribution >= 4 is 22.1 Å². The number of nitrogens with zero attached hydrogens (tertiary/aromatic N) is 3. The first-order chi connectivity index (χ1) is 9.42. The fraction of sp³-hybridized carbons (Fsp3) is 0. The summed E-state index contributed by atoms with van der Waals surface area (Å²) in [5, 5.41) is 2.12. The van der Waals surface area contributed by atoms with Crippen molar-refractivity contribution in [3.63, 3.8) is 0 Å². The number of fused-ring (bicyclic) bond motifs is 2. The number of nitrogens with one attached hydrogen (secondary N) is 1. The molecule has 4 nitrogen and oxygen atoms in total. The summed E-state index contributed by atoms with van der Waals surface area (Å²) in [7, 11) is 0. The van der Waals surface area contributed by atoms with Crippen LogP contribution in [0.25, 0.3) is 33.3 Å². The highest BCUT2D eigenvalue weighted by Gasteiger charge is 2.08. The van der Waals surface area contributed by atoms with E-state index in [0.29, 0.717) is 0 Å². The maximum Gasteiger partial charge on any atom is 0.159 e. The number of H-pyrrole nitrogens is 1. The van der Waals surface area contributed by atoms with Crippen molar-refractivity contribution in [2.75, 3.05) is 0 Å². The van der Waals surface area contributed by atoms with Gasteiger partial charge in [0.05, 0.1) is 5.69 Å². The Balaban J connectivity index is 1.99. The Morgan fingerprint density at radius 1 is 0.895 bits per heavy atom. The van der Waals surface area contributed by atoms with Gasteiger partial charge in [-0.05, 0) is 36.4 Å². The number of hydrogen-bond acceptors (Lipinski definition) is 3. The summed E-state index contributed by atoms with van der Waals surface area (Å²) in [6.45, 7) is 0. The molecule has 90 valence electrons. The second-order valence-electron chi connectivity index (χ2n) is 4.35. The van der Waals surface area contributed by atoms with Gasteiger partial charge in [-0.15, -0.1) is 0 Å². The number of rotatable bonds is 1. The van der Waals surface area contributed by atoms with Crippen LogP contribution < -0.4 is 0 Å². The summed E-state index contributed by atoms with van der Waals surface area (Å²) in [6.07, 6.45) is 5.47. The quantitative estimate of drug-likeness (QED) is 0.561. The highest BCUT2D eigenvalue weighted by atomic mass is 14.9. The molecule has 0 bridgehead atoms. The molecule has 0 saturated carbocycles. The summed E-state index contributed by atoms with van der Waals surface area (Å²) < 4.78 is 0. The molecule has 0 aliphatic carbocycles. The minimum Gasteiger partial charge on any atom is -0.345 e. The van der Waals surface area contributed by atoms with Crippen molar-refractivity contribution in [2.24, 2.45) is 0 Å². The molecular formula is C15H10N4. The van der Waals surface area contributed by atoms with Crippen LogP contribution in [0.1, 0.15) is 0 Å². The van der Waals surface area contributed by atoms with E-state index in [9.17, 15) is 0 Å². The molecule has 0 atom stereocenters. The van der Waals surface area contributed by atoms with Gasteiger partial charge in [0.1, 0.15) is 5.65 Å². The van der Waals surface area contributed by atoms with E-state index in [-0.39, 0.29) is 0 Å². The molecular weight excluding hydrogens is 236 g/mol. The zero-order chi connectivity index (χ0) is 12.7. The first-order valence-corrected chi connectivity index (χ1v) is 6.06. The monoisotopic (exact) mass is 246 g/mol. The predicted octanol–water partition coefficient (Wildman–Crippen LogP) is 3.17. The molecule has 4 aromatic heterocycles. The third kappa shape index (κ3) is 1.57. The van der Waals surface area contributed by atoms with Crippen molar-refractivity contribution in [2.45, 2.75) is 0 Å². The standard InChI is InChI=1S/C15H10N4/c1-3-10-5-6-13(19-14(10)16-7-1)12-9-18-15-11(12)4-2-8-17-15/h1-9H,(H,17,18). The van der Waals surface area contributed by atoms with Crippen LogP contribution >= 0.6 is 0 Å². The van der Waals surface area contributed by atoms with E-state index in [1.54, 1.807) is 12.4 Å².